The zero-order valence-electron chi connectivity index (χ0n) is 14.0. The number of benzene rings is 2. The fourth-order valence-corrected chi connectivity index (χ4v) is 2.36. The van der Waals surface area contributed by atoms with E-state index < -0.39 is 10.8 Å². The molecule has 0 radical (unpaired) electrons. The van der Waals surface area contributed by atoms with Gasteiger partial charge in [0.1, 0.15) is 5.76 Å². The van der Waals surface area contributed by atoms with E-state index in [0.29, 0.717) is 17.0 Å². The van der Waals surface area contributed by atoms with Crippen molar-refractivity contribution in [3.8, 4) is 0 Å². The third kappa shape index (κ3) is 4.57. The summed E-state index contributed by atoms with van der Waals surface area (Å²) < 4.78 is 5.15. The number of amides is 2. The SMILES string of the molecule is O=C(NCc1ccco1)c1cccc(NC(=O)c2ccc([N+](=O)[O-])cc2)c1. The van der Waals surface area contributed by atoms with Gasteiger partial charge in [-0.1, -0.05) is 6.07 Å². The molecule has 2 aromatic carbocycles. The van der Waals surface area contributed by atoms with E-state index in [9.17, 15) is 19.7 Å². The fraction of sp³-hybridized carbons (Fsp3) is 0.0526. The van der Waals surface area contributed by atoms with Crippen LogP contribution in [0.15, 0.2) is 71.3 Å². The highest BCUT2D eigenvalue weighted by Gasteiger charge is 2.11. The predicted molar refractivity (Wildman–Crippen MR) is 97.4 cm³/mol. The fourth-order valence-electron chi connectivity index (χ4n) is 2.36. The molecule has 27 heavy (non-hydrogen) atoms. The average Bonchev–Trinajstić information content (AvgIpc) is 3.20. The van der Waals surface area contributed by atoms with Crippen molar-refractivity contribution in [3.63, 3.8) is 0 Å². The van der Waals surface area contributed by atoms with Gasteiger partial charge in [-0.25, -0.2) is 0 Å². The van der Waals surface area contributed by atoms with Crippen LogP contribution in [0.1, 0.15) is 26.5 Å². The summed E-state index contributed by atoms with van der Waals surface area (Å²) >= 11 is 0. The van der Waals surface area contributed by atoms with Gasteiger partial charge in [-0.15, -0.1) is 0 Å². The lowest BCUT2D eigenvalue weighted by Crippen LogP contribution is -2.22. The molecule has 3 aromatic rings. The summed E-state index contributed by atoms with van der Waals surface area (Å²) in [6, 6.07) is 15.2. The second-order valence-electron chi connectivity index (χ2n) is 5.60. The van der Waals surface area contributed by atoms with Gasteiger partial charge < -0.3 is 15.1 Å². The van der Waals surface area contributed by atoms with Gasteiger partial charge in [-0.3, -0.25) is 19.7 Å². The largest absolute Gasteiger partial charge is 0.467 e. The van der Waals surface area contributed by atoms with E-state index in [0.717, 1.165) is 0 Å². The minimum Gasteiger partial charge on any atom is -0.467 e. The molecular formula is C19H15N3O5. The van der Waals surface area contributed by atoms with Crippen molar-refractivity contribution in [2.75, 3.05) is 5.32 Å². The second-order valence-corrected chi connectivity index (χ2v) is 5.60. The molecule has 0 aliphatic rings. The van der Waals surface area contributed by atoms with Crippen molar-refractivity contribution in [3.05, 3.63) is 93.9 Å². The molecule has 0 aliphatic heterocycles. The first kappa shape index (κ1) is 17.9. The van der Waals surface area contributed by atoms with Crippen LogP contribution in [0, 0.1) is 10.1 Å². The number of rotatable bonds is 6. The van der Waals surface area contributed by atoms with Gasteiger partial charge in [-0.05, 0) is 42.5 Å². The summed E-state index contributed by atoms with van der Waals surface area (Å²) in [7, 11) is 0. The number of anilines is 1. The van der Waals surface area contributed by atoms with Crippen molar-refractivity contribution in [1.29, 1.82) is 0 Å². The van der Waals surface area contributed by atoms with Crippen molar-refractivity contribution >= 4 is 23.2 Å². The molecule has 0 unspecified atom stereocenters. The summed E-state index contributed by atoms with van der Waals surface area (Å²) in [6.07, 6.45) is 1.52. The predicted octanol–water partition coefficient (Wildman–Crippen LogP) is 3.37. The normalized spacial score (nSPS) is 10.2. The lowest BCUT2D eigenvalue weighted by atomic mass is 10.1. The first-order valence-electron chi connectivity index (χ1n) is 7.99. The van der Waals surface area contributed by atoms with Crippen LogP contribution in [0.3, 0.4) is 0 Å². The molecule has 8 heteroatoms. The van der Waals surface area contributed by atoms with Crippen LogP contribution in [0.2, 0.25) is 0 Å². The maximum Gasteiger partial charge on any atom is 0.269 e. The van der Waals surface area contributed by atoms with Gasteiger partial charge in [0.25, 0.3) is 17.5 Å². The molecule has 3 rings (SSSR count). The van der Waals surface area contributed by atoms with E-state index in [2.05, 4.69) is 10.6 Å². The van der Waals surface area contributed by atoms with E-state index in [1.165, 1.54) is 30.5 Å². The van der Waals surface area contributed by atoms with Crippen LogP contribution in [-0.4, -0.2) is 16.7 Å². The Morgan fingerprint density at radius 3 is 2.41 bits per heavy atom. The molecule has 0 bridgehead atoms. The molecular weight excluding hydrogens is 350 g/mol. The summed E-state index contributed by atoms with van der Waals surface area (Å²) in [4.78, 5) is 34.6. The number of furan rings is 1. The van der Waals surface area contributed by atoms with Gasteiger partial charge in [0, 0.05) is 28.9 Å². The number of non-ortho nitro benzene ring substituents is 1. The van der Waals surface area contributed by atoms with Crippen molar-refractivity contribution in [2.45, 2.75) is 6.54 Å². The van der Waals surface area contributed by atoms with Crippen LogP contribution < -0.4 is 10.6 Å². The van der Waals surface area contributed by atoms with Gasteiger partial charge in [-0.2, -0.15) is 0 Å². The molecule has 2 amide bonds. The standard InChI is InChI=1S/C19H15N3O5/c23-18(20-12-17-5-2-10-27-17)14-3-1-4-15(11-14)21-19(24)13-6-8-16(9-7-13)22(25)26/h1-11H,12H2,(H,20,23)(H,21,24). The topological polar surface area (TPSA) is 114 Å². The number of hydrogen-bond donors (Lipinski definition) is 2. The number of carbonyl (C=O) groups excluding carboxylic acids is 2. The number of nitro groups is 1. The number of nitrogens with one attached hydrogen (secondary N) is 2. The van der Waals surface area contributed by atoms with E-state index in [-0.39, 0.29) is 23.7 Å². The third-order valence-electron chi connectivity index (χ3n) is 3.73. The molecule has 1 aromatic heterocycles. The molecule has 0 saturated carbocycles. The van der Waals surface area contributed by atoms with Crippen molar-refractivity contribution in [2.24, 2.45) is 0 Å². The Bertz CT molecular complexity index is 965. The lowest BCUT2D eigenvalue weighted by Gasteiger charge is -2.08. The Balaban J connectivity index is 1.65. The quantitative estimate of drug-likeness (QED) is 0.513. The van der Waals surface area contributed by atoms with E-state index in [1.807, 2.05) is 0 Å². The smallest absolute Gasteiger partial charge is 0.269 e. The minimum absolute atomic E-state index is 0.0956. The minimum atomic E-state index is -0.535. The highest BCUT2D eigenvalue weighted by atomic mass is 16.6. The third-order valence-corrected chi connectivity index (χ3v) is 3.73. The monoisotopic (exact) mass is 365 g/mol. The van der Waals surface area contributed by atoms with Gasteiger partial charge in [0.15, 0.2) is 0 Å². The van der Waals surface area contributed by atoms with E-state index in [1.54, 1.807) is 36.4 Å². The maximum atomic E-state index is 12.3. The van der Waals surface area contributed by atoms with Crippen LogP contribution >= 0.6 is 0 Å². The van der Waals surface area contributed by atoms with E-state index >= 15 is 0 Å². The number of nitrogens with zero attached hydrogens (tertiary/aromatic N) is 1. The van der Waals surface area contributed by atoms with Crippen LogP contribution in [0.25, 0.3) is 0 Å². The molecule has 0 fully saturated rings. The van der Waals surface area contributed by atoms with Gasteiger partial charge in [0.2, 0.25) is 0 Å². The van der Waals surface area contributed by atoms with Crippen LogP contribution in [0.5, 0.6) is 0 Å². The Kier molecular flexibility index (Phi) is 5.27. The molecule has 0 aliphatic carbocycles. The first-order chi connectivity index (χ1) is 13.0. The second kappa shape index (κ2) is 7.96. The van der Waals surface area contributed by atoms with Gasteiger partial charge in [0.05, 0.1) is 17.7 Å². The van der Waals surface area contributed by atoms with Gasteiger partial charge >= 0.3 is 0 Å². The summed E-state index contributed by atoms with van der Waals surface area (Å²) in [5.74, 6) is -0.109. The zero-order chi connectivity index (χ0) is 19.2. The molecule has 0 spiro atoms. The van der Waals surface area contributed by atoms with Crippen LogP contribution in [-0.2, 0) is 6.54 Å². The summed E-state index contributed by atoms with van der Waals surface area (Å²) in [5.41, 5.74) is 0.988. The molecule has 0 atom stereocenters. The first-order valence-corrected chi connectivity index (χ1v) is 7.99. The molecule has 8 nitrogen and oxygen atoms in total. The van der Waals surface area contributed by atoms with Crippen LogP contribution in [0.4, 0.5) is 11.4 Å². The summed E-state index contributed by atoms with van der Waals surface area (Å²) in [5, 5.41) is 16.0. The highest BCUT2D eigenvalue weighted by molar-refractivity contribution is 6.05. The number of nitro benzene ring substituents is 1. The zero-order valence-corrected chi connectivity index (χ0v) is 14.0. The molecule has 136 valence electrons. The maximum absolute atomic E-state index is 12.3. The Morgan fingerprint density at radius 2 is 1.74 bits per heavy atom. The Hall–Kier alpha value is -3.94. The van der Waals surface area contributed by atoms with E-state index in [4.69, 9.17) is 4.42 Å². The highest BCUT2D eigenvalue weighted by Crippen LogP contribution is 2.15. The lowest BCUT2D eigenvalue weighted by molar-refractivity contribution is -0.384. The molecule has 0 saturated heterocycles. The number of carbonyl (C=O) groups is 2. The van der Waals surface area contributed by atoms with Crippen molar-refractivity contribution in [1.82, 2.24) is 5.32 Å². The van der Waals surface area contributed by atoms with Crippen molar-refractivity contribution < 1.29 is 18.9 Å². The Labute approximate surface area is 154 Å². The average molecular weight is 365 g/mol. The summed E-state index contributed by atoms with van der Waals surface area (Å²) in [6.45, 7) is 0.255. The Morgan fingerprint density at radius 1 is 0.963 bits per heavy atom. The number of hydrogen-bond acceptors (Lipinski definition) is 5. The molecule has 2 N–H and O–H groups in total. The molecule has 1 heterocycles.